The zero-order valence-corrected chi connectivity index (χ0v) is 14.7. The molecular formula is C16H10Cl3N3O2. The maximum atomic E-state index is 11.9. The largest absolute Gasteiger partial charge is 0.462 e. The number of rotatable bonds is 3. The van der Waals surface area contributed by atoms with Gasteiger partial charge in [-0.3, -0.25) is 4.98 Å². The third kappa shape index (κ3) is 3.15. The number of aromatic nitrogens is 3. The van der Waals surface area contributed by atoms with Crippen molar-refractivity contribution in [2.45, 2.75) is 6.92 Å². The summed E-state index contributed by atoms with van der Waals surface area (Å²) in [6.07, 6.45) is 2.69. The average molecular weight is 383 g/mol. The van der Waals surface area contributed by atoms with Gasteiger partial charge in [0.15, 0.2) is 0 Å². The number of hydrogen-bond acceptors (Lipinski definition) is 5. The monoisotopic (exact) mass is 381 g/mol. The predicted octanol–water partition coefficient (Wildman–Crippen LogP) is 4.83. The number of carbonyl (C=O) groups excluding carboxylic acids is 1. The highest BCUT2D eigenvalue weighted by Crippen LogP contribution is 2.32. The van der Waals surface area contributed by atoms with Gasteiger partial charge in [0.05, 0.1) is 17.2 Å². The fraction of sp³-hybridized carbons (Fsp3) is 0.125. The maximum Gasteiger partial charge on any atom is 0.341 e. The van der Waals surface area contributed by atoms with Gasteiger partial charge in [0.25, 0.3) is 0 Å². The molecule has 0 bridgehead atoms. The smallest absolute Gasteiger partial charge is 0.341 e. The first-order valence-electron chi connectivity index (χ1n) is 6.94. The molecule has 0 atom stereocenters. The van der Waals surface area contributed by atoms with Crippen molar-refractivity contribution in [3.63, 3.8) is 0 Å². The molecule has 0 amide bonds. The fourth-order valence-electron chi connectivity index (χ4n) is 2.23. The normalized spacial score (nSPS) is 10.8. The Hall–Kier alpha value is -1.95. The predicted molar refractivity (Wildman–Crippen MR) is 93.8 cm³/mol. The summed E-state index contributed by atoms with van der Waals surface area (Å²) in [5.41, 5.74) is 2.13. The molecule has 24 heavy (non-hydrogen) atoms. The SMILES string of the molecule is CCOC(=O)c1cnc2c(-c3cc(Cl)cc(Cl)c3)ncnc2c1Cl. The van der Waals surface area contributed by atoms with Crippen LogP contribution in [0.3, 0.4) is 0 Å². The molecule has 2 heterocycles. The van der Waals surface area contributed by atoms with Crippen molar-refractivity contribution in [2.24, 2.45) is 0 Å². The number of ether oxygens (including phenoxy) is 1. The average Bonchev–Trinajstić information content (AvgIpc) is 2.54. The molecule has 0 N–H and O–H groups in total. The Morgan fingerprint density at radius 1 is 1.04 bits per heavy atom. The molecule has 2 aromatic heterocycles. The molecule has 0 aliphatic rings. The first kappa shape index (κ1) is 16.9. The first-order chi connectivity index (χ1) is 11.5. The molecule has 1 aromatic carbocycles. The third-order valence-electron chi connectivity index (χ3n) is 3.22. The van der Waals surface area contributed by atoms with Crippen molar-refractivity contribution in [3.05, 3.63) is 51.4 Å². The van der Waals surface area contributed by atoms with Gasteiger partial charge in [0.1, 0.15) is 23.1 Å². The molecular weight excluding hydrogens is 373 g/mol. The summed E-state index contributed by atoms with van der Waals surface area (Å²) in [5.74, 6) is -0.553. The van der Waals surface area contributed by atoms with Crippen LogP contribution in [0.2, 0.25) is 15.1 Å². The van der Waals surface area contributed by atoms with Gasteiger partial charge >= 0.3 is 5.97 Å². The van der Waals surface area contributed by atoms with Gasteiger partial charge in [-0.1, -0.05) is 34.8 Å². The van der Waals surface area contributed by atoms with Gasteiger partial charge in [-0.15, -0.1) is 0 Å². The minimum absolute atomic E-state index is 0.153. The Kier molecular flexibility index (Phi) is 4.85. The van der Waals surface area contributed by atoms with E-state index in [1.807, 2.05) is 0 Å². The van der Waals surface area contributed by atoms with Crippen molar-refractivity contribution in [1.29, 1.82) is 0 Å². The number of fused-ring (bicyclic) bond motifs is 1. The van der Waals surface area contributed by atoms with Crippen molar-refractivity contribution >= 4 is 51.8 Å². The minimum atomic E-state index is -0.553. The molecule has 0 spiro atoms. The summed E-state index contributed by atoms with van der Waals surface area (Å²) in [6.45, 7) is 1.95. The van der Waals surface area contributed by atoms with E-state index in [1.165, 1.54) is 12.5 Å². The van der Waals surface area contributed by atoms with Crippen LogP contribution in [0.4, 0.5) is 0 Å². The first-order valence-corrected chi connectivity index (χ1v) is 8.07. The zero-order valence-electron chi connectivity index (χ0n) is 12.4. The standard InChI is InChI=1S/C16H10Cl3N3O2/c1-2-24-16(23)11-6-20-15-13(21-7-22-14(15)12(11)19)8-3-9(17)5-10(18)4-8/h3-7H,2H2,1H3. The maximum absolute atomic E-state index is 11.9. The van der Waals surface area contributed by atoms with Crippen LogP contribution in [0, 0.1) is 0 Å². The van der Waals surface area contributed by atoms with E-state index in [0.717, 1.165) is 0 Å². The highest BCUT2D eigenvalue weighted by Gasteiger charge is 2.18. The van der Waals surface area contributed by atoms with Gasteiger partial charge in [-0.2, -0.15) is 0 Å². The van der Waals surface area contributed by atoms with E-state index in [2.05, 4.69) is 15.0 Å². The van der Waals surface area contributed by atoms with Gasteiger partial charge < -0.3 is 4.74 Å². The van der Waals surface area contributed by atoms with Crippen molar-refractivity contribution in [3.8, 4) is 11.3 Å². The lowest BCUT2D eigenvalue weighted by molar-refractivity contribution is 0.0526. The molecule has 3 rings (SSSR count). The Morgan fingerprint density at radius 3 is 2.42 bits per heavy atom. The van der Waals surface area contributed by atoms with Crippen LogP contribution in [0.1, 0.15) is 17.3 Å². The van der Waals surface area contributed by atoms with Crippen molar-refractivity contribution in [2.75, 3.05) is 6.61 Å². The Morgan fingerprint density at radius 2 is 1.75 bits per heavy atom. The van der Waals surface area contributed by atoms with E-state index in [9.17, 15) is 4.79 Å². The summed E-state index contributed by atoms with van der Waals surface area (Å²) in [5, 5.41) is 1.10. The topological polar surface area (TPSA) is 65.0 Å². The number of hydrogen-bond donors (Lipinski definition) is 0. The van der Waals surface area contributed by atoms with Gasteiger partial charge in [0, 0.05) is 21.8 Å². The third-order valence-corrected chi connectivity index (χ3v) is 4.04. The Labute approximate surface area is 152 Å². The van der Waals surface area contributed by atoms with Gasteiger partial charge in [-0.25, -0.2) is 14.8 Å². The van der Waals surface area contributed by atoms with Crippen LogP contribution in [-0.2, 0) is 4.74 Å². The molecule has 122 valence electrons. The zero-order chi connectivity index (χ0) is 17.3. The van der Waals surface area contributed by atoms with Gasteiger partial charge in [-0.05, 0) is 25.1 Å². The van der Waals surface area contributed by atoms with E-state index in [1.54, 1.807) is 25.1 Å². The lowest BCUT2D eigenvalue weighted by Gasteiger charge is -2.09. The van der Waals surface area contributed by atoms with E-state index < -0.39 is 5.97 Å². The molecule has 0 unspecified atom stereocenters. The van der Waals surface area contributed by atoms with E-state index in [4.69, 9.17) is 39.5 Å². The van der Waals surface area contributed by atoms with E-state index >= 15 is 0 Å². The number of halogens is 3. The quantitative estimate of drug-likeness (QED) is 0.607. The number of esters is 1. The summed E-state index contributed by atoms with van der Waals surface area (Å²) in [4.78, 5) is 24.6. The molecule has 0 fully saturated rings. The van der Waals surface area contributed by atoms with E-state index in [-0.39, 0.29) is 17.2 Å². The summed E-state index contributed by atoms with van der Waals surface area (Å²) in [6, 6.07) is 5.05. The lowest BCUT2D eigenvalue weighted by Crippen LogP contribution is -2.07. The summed E-state index contributed by atoms with van der Waals surface area (Å²) in [7, 11) is 0. The van der Waals surface area contributed by atoms with Crippen molar-refractivity contribution < 1.29 is 9.53 Å². The Balaban J connectivity index is 2.21. The molecule has 8 heteroatoms. The second-order valence-corrected chi connectivity index (χ2v) is 6.03. The molecule has 3 aromatic rings. The van der Waals surface area contributed by atoms with Crippen LogP contribution >= 0.6 is 34.8 Å². The van der Waals surface area contributed by atoms with Crippen LogP contribution in [-0.4, -0.2) is 27.5 Å². The highest BCUT2D eigenvalue weighted by atomic mass is 35.5. The molecule has 5 nitrogen and oxygen atoms in total. The van der Waals surface area contributed by atoms with Crippen molar-refractivity contribution in [1.82, 2.24) is 15.0 Å². The lowest BCUT2D eigenvalue weighted by atomic mass is 10.1. The second-order valence-electron chi connectivity index (χ2n) is 4.78. The summed E-state index contributed by atoms with van der Waals surface area (Å²) >= 11 is 18.4. The van der Waals surface area contributed by atoms with Crippen LogP contribution in [0.25, 0.3) is 22.3 Å². The number of nitrogens with zero attached hydrogens (tertiary/aromatic N) is 3. The molecule has 0 radical (unpaired) electrons. The molecule has 0 aliphatic heterocycles. The van der Waals surface area contributed by atoms with Crippen LogP contribution in [0.5, 0.6) is 0 Å². The molecule has 0 aliphatic carbocycles. The van der Waals surface area contributed by atoms with Crippen LogP contribution < -0.4 is 0 Å². The number of pyridine rings is 1. The molecule has 0 saturated carbocycles. The van der Waals surface area contributed by atoms with E-state index in [0.29, 0.717) is 32.3 Å². The number of benzene rings is 1. The molecule has 0 saturated heterocycles. The summed E-state index contributed by atoms with van der Waals surface area (Å²) < 4.78 is 4.96. The van der Waals surface area contributed by atoms with Gasteiger partial charge in [0.2, 0.25) is 0 Å². The highest BCUT2D eigenvalue weighted by molar-refractivity contribution is 6.38. The Bertz CT molecular complexity index is 927. The number of carbonyl (C=O) groups is 1. The second kappa shape index (κ2) is 6.89. The van der Waals surface area contributed by atoms with Crippen LogP contribution in [0.15, 0.2) is 30.7 Å². The fourth-order valence-corrected chi connectivity index (χ4v) is 3.02. The minimum Gasteiger partial charge on any atom is -0.462 e.